The van der Waals surface area contributed by atoms with Gasteiger partial charge in [-0.05, 0) is 18.1 Å². The first-order chi connectivity index (χ1) is 8.68. The summed E-state index contributed by atoms with van der Waals surface area (Å²) in [5.74, 6) is 1.22. The molecule has 98 valence electrons. The van der Waals surface area contributed by atoms with Gasteiger partial charge in [0, 0.05) is 6.61 Å². The lowest BCUT2D eigenvalue weighted by atomic mass is 10.2. The van der Waals surface area contributed by atoms with Gasteiger partial charge in [0.05, 0.1) is 16.8 Å². The van der Waals surface area contributed by atoms with Crippen LogP contribution in [-0.2, 0) is 4.74 Å². The predicted octanol–water partition coefficient (Wildman–Crippen LogP) is 2.93. The van der Waals surface area contributed by atoms with Crippen molar-refractivity contribution in [3.8, 4) is 5.75 Å². The van der Waals surface area contributed by atoms with Crippen molar-refractivity contribution in [1.29, 1.82) is 0 Å². The largest absolute Gasteiger partial charge is 0.489 e. The van der Waals surface area contributed by atoms with Gasteiger partial charge in [0.1, 0.15) is 23.6 Å². The van der Waals surface area contributed by atoms with Gasteiger partial charge in [0.15, 0.2) is 0 Å². The van der Waals surface area contributed by atoms with Gasteiger partial charge in [0.2, 0.25) is 0 Å². The molecule has 2 rings (SSSR count). The summed E-state index contributed by atoms with van der Waals surface area (Å²) in [5, 5.41) is 0. The van der Waals surface area contributed by atoms with Crippen molar-refractivity contribution in [1.82, 2.24) is 4.98 Å². The smallest absolute Gasteiger partial charge is 0.144 e. The van der Waals surface area contributed by atoms with Gasteiger partial charge in [-0.2, -0.15) is 0 Å². The molecule has 0 saturated carbocycles. The number of anilines is 1. The van der Waals surface area contributed by atoms with Crippen molar-refractivity contribution >= 4 is 27.2 Å². The zero-order valence-corrected chi connectivity index (χ0v) is 11.5. The van der Waals surface area contributed by atoms with E-state index in [-0.39, 0.29) is 0 Å². The normalized spacial score (nSPS) is 11.3. The van der Waals surface area contributed by atoms with Gasteiger partial charge in [-0.25, -0.2) is 4.98 Å². The number of nitrogens with two attached hydrogens (primary N) is 1. The first-order valence-corrected chi connectivity index (χ1v) is 6.88. The molecular weight excluding hydrogens is 248 g/mol. The van der Waals surface area contributed by atoms with E-state index in [1.54, 1.807) is 16.8 Å². The Morgan fingerprint density at radius 2 is 2.17 bits per heavy atom. The summed E-state index contributed by atoms with van der Waals surface area (Å²) >= 11 is 1.57. The third-order valence-corrected chi connectivity index (χ3v) is 3.23. The minimum Gasteiger partial charge on any atom is -0.489 e. The van der Waals surface area contributed by atoms with Crippen molar-refractivity contribution in [3.05, 3.63) is 17.6 Å². The number of benzene rings is 1. The highest BCUT2D eigenvalue weighted by Crippen LogP contribution is 2.31. The molecule has 0 radical (unpaired) electrons. The molecule has 0 atom stereocenters. The monoisotopic (exact) mass is 266 g/mol. The van der Waals surface area contributed by atoms with Crippen molar-refractivity contribution in [2.75, 3.05) is 25.6 Å². The molecule has 1 heterocycles. The number of nitrogens with zero attached hydrogens (tertiary/aromatic N) is 1. The topological polar surface area (TPSA) is 57.4 Å². The summed E-state index contributed by atoms with van der Waals surface area (Å²) in [4.78, 5) is 4.23. The van der Waals surface area contributed by atoms with Gasteiger partial charge in [-0.15, -0.1) is 11.3 Å². The van der Waals surface area contributed by atoms with Crippen LogP contribution in [0.1, 0.15) is 13.8 Å². The van der Waals surface area contributed by atoms with E-state index in [9.17, 15) is 0 Å². The minimum atomic E-state index is 0.507. The summed E-state index contributed by atoms with van der Waals surface area (Å²) in [6.07, 6.45) is 0. The maximum atomic E-state index is 6.00. The summed E-state index contributed by atoms with van der Waals surface area (Å²) in [5.41, 5.74) is 9.22. The lowest BCUT2D eigenvalue weighted by Gasteiger charge is -2.10. The summed E-state index contributed by atoms with van der Waals surface area (Å²) < 4.78 is 12.1. The Hall–Kier alpha value is -1.33. The molecule has 18 heavy (non-hydrogen) atoms. The highest BCUT2D eigenvalue weighted by Gasteiger charge is 2.07. The minimum absolute atomic E-state index is 0.507. The first-order valence-electron chi connectivity index (χ1n) is 6.00. The lowest BCUT2D eigenvalue weighted by molar-refractivity contribution is 0.0821. The van der Waals surface area contributed by atoms with E-state index in [1.165, 1.54) is 0 Å². The fourth-order valence-corrected chi connectivity index (χ4v) is 2.28. The SMILES string of the molecule is CC(C)COCCOc1ccc2scnc2c1N. The first kappa shape index (κ1) is 13.1. The van der Waals surface area contributed by atoms with Crippen LogP contribution in [0.25, 0.3) is 10.2 Å². The van der Waals surface area contributed by atoms with Crippen LogP contribution in [0.3, 0.4) is 0 Å². The molecule has 0 aliphatic carbocycles. The number of rotatable bonds is 6. The molecule has 1 aromatic carbocycles. The van der Waals surface area contributed by atoms with Gasteiger partial charge >= 0.3 is 0 Å². The van der Waals surface area contributed by atoms with Crippen LogP contribution in [0.2, 0.25) is 0 Å². The maximum Gasteiger partial charge on any atom is 0.144 e. The number of nitrogen functional groups attached to an aromatic ring is 1. The Morgan fingerprint density at radius 1 is 1.33 bits per heavy atom. The van der Waals surface area contributed by atoms with Crippen LogP contribution in [0, 0.1) is 5.92 Å². The third kappa shape index (κ3) is 3.11. The number of thiazole rings is 1. The third-order valence-electron chi connectivity index (χ3n) is 2.44. The van der Waals surface area contributed by atoms with E-state index in [0.717, 1.165) is 16.8 Å². The number of fused-ring (bicyclic) bond motifs is 1. The van der Waals surface area contributed by atoms with E-state index in [0.29, 0.717) is 30.6 Å². The Kier molecular flexibility index (Phi) is 4.38. The molecule has 0 spiro atoms. The maximum absolute atomic E-state index is 6.00. The Bertz CT molecular complexity index is 511. The second-order valence-electron chi connectivity index (χ2n) is 4.49. The molecule has 0 bridgehead atoms. The van der Waals surface area contributed by atoms with E-state index < -0.39 is 0 Å². The zero-order valence-electron chi connectivity index (χ0n) is 10.7. The molecule has 0 saturated heterocycles. The summed E-state index contributed by atoms with van der Waals surface area (Å²) in [7, 11) is 0. The standard InChI is InChI=1S/C13H18N2O2S/c1-9(2)7-16-5-6-17-10-3-4-11-13(12(10)14)15-8-18-11/h3-4,8-9H,5-7,14H2,1-2H3. The molecule has 0 unspecified atom stereocenters. The van der Waals surface area contributed by atoms with E-state index in [1.807, 2.05) is 12.1 Å². The average Bonchev–Trinajstić information content (AvgIpc) is 2.80. The fourth-order valence-electron chi connectivity index (χ4n) is 1.59. The molecular formula is C13H18N2O2S. The number of aromatic nitrogens is 1. The molecule has 0 fully saturated rings. The highest BCUT2D eigenvalue weighted by atomic mass is 32.1. The Balaban J connectivity index is 1.89. The molecule has 0 amide bonds. The van der Waals surface area contributed by atoms with Crippen LogP contribution < -0.4 is 10.5 Å². The Labute approximate surface area is 111 Å². The fraction of sp³-hybridized carbons (Fsp3) is 0.462. The highest BCUT2D eigenvalue weighted by molar-refractivity contribution is 7.16. The van der Waals surface area contributed by atoms with Crippen LogP contribution in [0.4, 0.5) is 5.69 Å². The molecule has 1 aromatic heterocycles. The van der Waals surface area contributed by atoms with E-state index >= 15 is 0 Å². The average molecular weight is 266 g/mol. The van der Waals surface area contributed by atoms with E-state index in [4.69, 9.17) is 15.2 Å². The van der Waals surface area contributed by atoms with Crippen molar-refractivity contribution < 1.29 is 9.47 Å². The van der Waals surface area contributed by atoms with Crippen LogP contribution in [0.15, 0.2) is 17.6 Å². The molecule has 2 aromatic rings. The second-order valence-corrected chi connectivity index (χ2v) is 5.38. The molecule has 0 aliphatic heterocycles. The quantitative estimate of drug-likeness (QED) is 0.645. The van der Waals surface area contributed by atoms with Crippen molar-refractivity contribution in [2.24, 2.45) is 5.92 Å². The summed E-state index contributed by atoms with van der Waals surface area (Å²) in [6.45, 7) is 6.08. The van der Waals surface area contributed by atoms with Gasteiger partial charge in [-0.1, -0.05) is 13.8 Å². The zero-order chi connectivity index (χ0) is 13.0. The molecule has 5 heteroatoms. The lowest BCUT2D eigenvalue weighted by Crippen LogP contribution is -2.10. The second kappa shape index (κ2) is 6.02. The van der Waals surface area contributed by atoms with Crippen molar-refractivity contribution in [3.63, 3.8) is 0 Å². The van der Waals surface area contributed by atoms with Gasteiger partial charge < -0.3 is 15.2 Å². The molecule has 0 aliphatic rings. The van der Waals surface area contributed by atoms with Gasteiger partial charge in [0.25, 0.3) is 0 Å². The molecule has 2 N–H and O–H groups in total. The van der Waals surface area contributed by atoms with Gasteiger partial charge in [-0.3, -0.25) is 0 Å². The molecule has 4 nitrogen and oxygen atoms in total. The van der Waals surface area contributed by atoms with Crippen LogP contribution in [-0.4, -0.2) is 24.8 Å². The Morgan fingerprint density at radius 3 is 2.94 bits per heavy atom. The number of hydrogen-bond acceptors (Lipinski definition) is 5. The number of ether oxygens (including phenoxy) is 2. The number of hydrogen-bond donors (Lipinski definition) is 1. The van der Waals surface area contributed by atoms with E-state index in [2.05, 4.69) is 18.8 Å². The van der Waals surface area contributed by atoms with Crippen LogP contribution >= 0.6 is 11.3 Å². The van der Waals surface area contributed by atoms with Crippen molar-refractivity contribution in [2.45, 2.75) is 13.8 Å². The summed E-state index contributed by atoms with van der Waals surface area (Å²) in [6, 6.07) is 3.87. The van der Waals surface area contributed by atoms with Crippen LogP contribution in [0.5, 0.6) is 5.75 Å². The predicted molar refractivity (Wildman–Crippen MR) is 75.2 cm³/mol.